The Labute approximate surface area is 149 Å². The molecule has 1 radical (unpaired) electrons. The first-order valence-electron chi connectivity index (χ1n) is 10.1. The van der Waals surface area contributed by atoms with Gasteiger partial charge in [0.15, 0.2) is 0 Å². The third-order valence-electron chi connectivity index (χ3n) is 5.73. The van der Waals surface area contributed by atoms with Crippen LogP contribution in [0.3, 0.4) is 0 Å². The molecule has 1 fully saturated rings. The summed E-state index contributed by atoms with van der Waals surface area (Å²) in [4.78, 5) is 10.5. The van der Waals surface area contributed by atoms with Gasteiger partial charge in [0.1, 0.15) is 6.29 Å². The number of hydrogen-bond donors (Lipinski definition) is 0. The van der Waals surface area contributed by atoms with E-state index in [0.29, 0.717) is 0 Å². The predicted molar refractivity (Wildman–Crippen MR) is 100 cm³/mol. The average Bonchev–Trinajstić information content (AvgIpc) is 2.80. The van der Waals surface area contributed by atoms with Crippen LogP contribution in [-0.2, 0) is 10.0 Å². The molecule has 2 unspecified atom stereocenters. The molecule has 0 spiro atoms. The molecule has 0 aromatic carbocycles. The number of allylic oxidation sites excluding steroid dienone is 1. The number of hydrogen-bond acceptors (Lipinski definition) is 2. The normalized spacial score (nSPS) is 28.0. The summed E-state index contributed by atoms with van der Waals surface area (Å²) in [6.45, 7) is 6.30. The first-order valence-corrected chi connectivity index (χ1v) is 10.1. The Morgan fingerprint density at radius 1 is 0.875 bits per heavy atom. The molecule has 1 aliphatic heterocycles. The highest BCUT2D eigenvalue weighted by atomic mass is 16.5. The second-order valence-electron chi connectivity index (χ2n) is 8.08. The van der Waals surface area contributed by atoms with Crippen LogP contribution in [0.1, 0.15) is 104 Å². The van der Waals surface area contributed by atoms with Crippen LogP contribution in [0.15, 0.2) is 12.2 Å². The number of nitrogens with zero attached hydrogens (tertiary/aromatic N) is 1. The maximum absolute atomic E-state index is 12.7. The molecule has 1 rings (SSSR count). The van der Waals surface area contributed by atoms with Crippen LogP contribution >= 0.6 is 0 Å². The molecule has 3 heteroatoms. The van der Waals surface area contributed by atoms with Gasteiger partial charge in [-0.3, -0.25) is 4.79 Å². The average molecular weight is 337 g/mol. The highest BCUT2D eigenvalue weighted by Crippen LogP contribution is 2.43. The van der Waals surface area contributed by atoms with Gasteiger partial charge < -0.3 is 0 Å². The highest BCUT2D eigenvalue weighted by molar-refractivity contribution is 5.65. The van der Waals surface area contributed by atoms with Gasteiger partial charge in [-0.25, -0.2) is 0 Å². The first-order chi connectivity index (χ1) is 11.5. The fourth-order valence-electron chi connectivity index (χ4n) is 3.96. The molecule has 0 saturated carbocycles. The van der Waals surface area contributed by atoms with Crippen LogP contribution in [0.4, 0.5) is 0 Å². The van der Waals surface area contributed by atoms with E-state index < -0.39 is 5.54 Å². The molecule has 0 aromatic rings. The van der Waals surface area contributed by atoms with Gasteiger partial charge in [0.25, 0.3) is 0 Å². The van der Waals surface area contributed by atoms with Crippen molar-refractivity contribution in [3.05, 3.63) is 12.2 Å². The quantitative estimate of drug-likeness (QED) is 0.235. The van der Waals surface area contributed by atoms with Gasteiger partial charge in [0, 0.05) is 5.54 Å². The summed E-state index contributed by atoms with van der Waals surface area (Å²) >= 11 is 0. The molecule has 24 heavy (non-hydrogen) atoms. The van der Waals surface area contributed by atoms with Crippen LogP contribution in [0.5, 0.6) is 0 Å². The first kappa shape index (κ1) is 21.4. The molecule has 139 valence electrons. The summed E-state index contributed by atoms with van der Waals surface area (Å²) in [5, 5.41) is 14.0. The zero-order valence-corrected chi connectivity index (χ0v) is 16.2. The van der Waals surface area contributed by atoms with E-state index in [-0.39, 0.29) is 5.54 Å². The molecule has 1 heterocycles. The van der Waals surface area contributed by atoms with Crippen molar-refractivity contribution in [1.82, 2.24) is 5.06 Å². The van der Waals surface area contributed by atoms with E-state index in [9.17, 15) is 10.0 Å². The number of unbranched alkanes of at least 4 members (excludes halogenated alkanes) is 9. The highest BCUT2D eigenvalue weighted by Gasteiger charge is 2.49. The van der Waals surface area contributed by atoms with Gasteiger partial charge in [0.05, 0.1) is 5.54 Å². The smallest absolute Gasteiger partial charge is 0.142 e. The Morgan fingerprint density at radius 3 is 1.96 bits per heavy atom. The lowest BCUT2D eigenvalue weighted by Crippen LogP contribution is -2.47. The molecule has 0 bridgehead atoms. The second kappa shape index (κ2) is 11.0. The van der Waals surface area contributed by atoms with Crippen LogP contribution < -0.4 is 0 Å². The van der Waals surface area contributed by atoms with E-state index in [0.717, 1.165) is 32.0 Å². The van der Waals surface area contributed by atoms with Gasteiger partial charge in [-0.2, -0.15) is 0 Å². The molecule has 0 aliphatic carbocycles. The van der Waals surface area contributed by atoms with E-state index >= 15 is 0 Å². The Balaban J connectivity index is 2.16. The third kappa shape index (κ3) is 6.68. The third-order valence-corrected chi connectivity index (χ3v) is 5.73. The monoisotopic (exact) mass is 336 g/mol. The molecular weight excluding hydrogens is 298 g/mol. The largest absolute Gasteiger partial charge is 0.299 e. The maximum atomic E-state index is 12.7. The van der Waals surface area contributed by atoms with E-state index in [1.165, 1.54) is 68.9 Å². The van der Waals surface area contributed by atoms with Crippen molar-refractivity contribution < 1.29 is 10.0 Å². The maximum Gasteiger partial charge on any atom is 0.142 e. The van der Waals surface area contributed by atoms with Gasteiger partial charge >= 0.3 is 0 Å². The second-order valence-corrected chi connectivity index (χ2v) is 8.08. The van der Waals surface area contributed by atoms with Crippen LogP contribution in [-0.4, -0.2) is 22.4 Å². The Hall–Kier alpha value is -0.670. The number of carbonyl (C=O) groups is 1. The van der Waals surface area contributed by atoms with Crippen molar-refractivity contribution in [3.63, 3.8) is 0 Å². The molecule has 2 atom stereocenters. The van der Waals surface area contributed by atoms with Crippen molar-refractivity contribution in [2.24, 2.45) is 0 Å². The Morgan fingerprint density at radius 2 is 1.42 bits per heavy atom. The van der Waals surface area contributed by atoms with E-state index in [1.807, 2.05) is 6.92 Å². The van der Waals surface area contributed by atoms with Gasteiger partial charge in [-0.1, -0.05) is 77.2 Å². The molecule has 0 aromatic heterocycles. The van der Waals surface area contributed by atoms with Crippen molar-refractivity contribution in [2.45, 2.75) is 115 Å². The fraction of sp³-hybridized carbons (Fsp3) is 0.857. The van der Waals surface area contributed by atoms with Crippen LogP contribution in [0.2, 0.25) is 0 Å². The number of aldehydes is 1. The minimum absolute atomic E-state index is 0.262. The van der Waals surface area contributed by atoms with Crippen molar-refractivity contribution in [2.75, 3.05) is 0 Å². The van der Waals surface area contributed by atoms with E-state index in [1.54, 1.807) is 6.08 Å². The summed E-state index contributed by atoms with van der Waals surface area (Å²) in [6.07, 6.45) is 20.0. The van der Waals surface area contributed by atoms with Crippen molar-refractivity contribution in [3.8, 4) is 0 Å². The minimum Gasteiger partial charge on any atom is -0.299 e. The lowest BCUT2D eigenvalue weighted by Gasteiger charge is -2.35. The topological polar surface area (TPSA) is 40.2 Å². The fourth-order valence-corrected chi connectivity index (χ4v) is 3.96. The summed E-state index contributed by atoms with van der Waals surface area (Å²) in [6, 6.07) is 0. The summed E-state index contributed by atoms with van der Waals surface area (Å²) in [5.41, 5.74) is -0.768. The number of rotatable bonds is 13. The van der Waals surface area contributed by atoms with Gasteiger partial charge in [-0.05, 0) is 39.2 Å². The summed E-state index contributed by atoms with van der Waals surface area (Å²) in [7, 11) is 0. The van der Waals surface area contributed by atoms with Gasteiger partial charge in [0.2, 0.25) is 0 Å². The SMILES string of the molecule is CCCCCCCCCCCCC1(C)CCC(C)(/C=C/C=O)N1[O]. The van der Waals surface area contributed by atoms with Crippen LogP contribution in [0.25, 0.3) is 0 Å². The minimum atomic E-state index is -0.506. The molecule has 0 amide bonds. The summed E-state index contributed by atoms with van der Waals surface area (Å²) in [5.74, 6) is 0. The van der Waals surface area contributed by atoms with Crippen LogP contribution in [0, 0.1) is 0 Å². The van der Waals surface area contributed by atoms with Crippen molar-refractivity contribution >= 4 is 6.29 Å². The van der Waals surface area contributed by atoms with Gasteiger partial charge in [-0.15, -0.1) is 10.3 Å². The molecule has 1 saturated heterocycles. The number of hydroxylamine groups is 2. The standard InChI is InChI=1S/C21H38NO2/c1-4-5-6-7-8-9-10-11-12-13-15-20(2)17-18-21(3,22(20)24)16-14-19-23/h14,16,19H,4-13,15,17-18H2,1-3H3/b16-14+. The Kier molecular flexibility index (Phi) is 9.84. The molecule has 3 nitrogen and oxygen atoms in total. The Bertz CT molecular complexity index is 382. The lowest BCUT2D eigenvalue weighted by atomic mass is 9.92. The molecule has 0 N–H and O–H groups in total. The van der Waals surface area contributed by atoms with E-state index in [2.05, 4.69) is 13.8 Å². The molecular formula is C21H38NO2. The van der Waals surface area contributed by atoms with E-state index in [4.69, 9.17) is 0 Å². The zero-order valence-electron chi connectivity index (χ0n) is 16.2. The van der Waals surface area contributed by atoms with Crippen molar-refractivity contribution in [1.29, 1.82) is 0 Å². The molecule has 1 aliphatic rings. The predicted octanol–water partition coefficient (Wildman–Crippen LogP) is 6.01. The summed E-state index contributed by atoms with van der Waals surface area (Å²) < 4.78 is 0. The lowest BCUT2D eigenvalue weighted by molar-refractivity contribution is -0.243. The zero-order chi connectivity index (χ0) is 17.9. The number of carbonyl (C=O) groups excluding carboxylic acids is 1.